The van der Waals surface area contributed by atoms with Crippen molar-refractivity contribution in [2.45, 2.75) is 50.1 Å². The molecule has 134 valence electrons. The van der Waals surface area contributed by atoms with Gasteiger partial charge in [-0.05, 0) is 37.8 Å². The summed E-state index contributed by atoms with van der Waals surface area (Å²) < 4.78 is 0. The molecule has 0 saturated heterocycles. The van der Waals surface area contributed by atoms with Gasteiger partial charge in [0.2, 0.25) is 5.91 Å². The Balaban J connectivity index is 1.68. The number of carbonyl (C=O) groups is 2. The first-order valence-corrected chi connectivity index (χ1v) is 9.24. The Hall–Kier alpha value is -1.92. The van der Waals surface area contributed by atoms with E-state index in [2.05, 4.69) is 10.2 Å². The fraction of sp³-hybridized carbons (Fsp3) is 0.579. The van der Waals surface area contributed by atoms with Gasteiger partial charge in [0, 0.05) is 12.6 Å². The first-order valence-electron chi connectivity index (χ1n) is 9.24. The molecule has 0 unspecified atom stereocenters. The predicted molar refractivity (Wildman–Crippen MR) is 95.4 cm³/mol. The van der Waals surface area contributed by atoms with Crippen LogP contribution >= 0.6 is 0 Å². The van der Waals surface area contributed by atoms with Crippen molar-refractivity contribution in [2.75, 3.05) is 29.9 Å². The molecule has 6 heteroatoms. The summed E-state index contributed by atoms with van der Waals surface area (Å²) >= 11 is 0. The van der Waals surface area contributed by atoms with E-state index in [1.165, 1.54) is 0 Å². The average molecular weight is 343 g/mol. The van der Waals surface area contributed by atoms with E-state index < -0.39 is 5.54 Å². The zero-order chi connectivity index (χ0) is 17.4. The largest absolute Gasteiger partial charge is 0.395 e. The van der Waals surface area contributed by atoms with Crippen molar-refractivity contribution in [1.82, 2.24) is 4.90 Å². The molecule has 0 atom stereocenters. The second-order valence-corrected chi connectivity index (χ2v) is 7.36. The van der Waals surface area contributed by atoms with Crippen molar-refractivity contribution in [3.63, 3.8) is 0 Å². The number of carbonyl (C=O) groups excluding carboxylic acids is 2. The van der Waals surface area contributed by atoms with Gasteiger partial charge in [-0.1, -0.05) is 25.0 Å². The number of rotatable bonds is 5. The molecule has 2 saturated carbocycles. The zero-order valence-electron chi connectivity index (χ0n) is 14.4. The van der Waals surface area contributed by atoms with Crippen molar-refractivity contribution >= 4 is 23.2 Å². The first-order chi connectivity index (χ1) is 12.2. The van der Waals surface area contributed by atoms with E-state index in [0.717, 1.165) is 31.4 Å². The highest BCUT2D eigenvalue weighted by Gasteiger charge is 2.52. The summed E-state index contributed by atoms with van der Waals surface area (Å²) in [6, 6.07) is 7.94. The molecule has 2 aliphatic carbocycles. The van der Waals surface area contributed by atoms with E-state index in [9.17, 15) is 14.7 Å². The number of hydrogen-bond acceptors (Lipinski definition) is 4. The van der Waals surface area contributed by atoms with Crippen molar-refractivity contribution in [1.29, 1.82) is 0 Å². The molecule has 25 heavy (non-hydrogen) atoms. The highest BCUT2D eigenvalue weighted by Crippen LogP contribution is 2.45. The van der Waals surface area contributed by atoms with Gasteiger partial charge in [-0.25, -0.2) is 0 Å². The normalized spacial score (nSPS) is 21.5. The minimum Gasteiger partial charge on any atom is -0.395 e. The maximum absolute atomic E-state index is 13.3. The molecule has 2 amide bonds. The third-order valence-electron chi connectivity index (χ3n) is 5.71. The van der Waals surface area contributed by atoms with Gasteiger partial charge in [0.25, 0.3) is 5.91 Å². The predicted octanol–water partition coefficient (Wildman–Crippen LogP) is 1.74. The van der Waals surface area contributed by atoms with E-state index in [4.69, 9.17) is 0 Å². The molecule has 1 heterocycles. The van der Waals surface area contributed by atoms with E-state index in [1.54, 1.807) is 4.90 Å². The van der Waals surface area contributed by atoms with Crippen LogP contribution in [0.15, 0.2) is 24.3 Å². The SMILES string of the molecule is O=C(CN(CCO)C1CC1)N1c2ccccc2NC(=O)C12CCCC2. The monoisotopic (exact) mass is 343 g/mol. The molecule has 2 fully saturated rings. The molecule has 0 bridgehead atoms. The van der Waals surface area contributed by atoms with Crippen LogP contribution < -0.4 is 10.2 Å². The fourth-order valence-electron chi connectivity index (χ4n) is 4.33. The molecule has 1 aromatic rings. The summed E-state index contributed by atoms with van der Waals surface area (Å²) in [5, 5.41) is 12.3. The molecular formula is C19H25N3O3. The third kappa shape index (κ3) is 2.83. The minimum atomic E-state index is -0.750. The Morgan fingerprint density at radius 2 is 2.00 bits per heavy atom. The van der Waals surface area contributed by atoms with Crippen LogP contribution in [0.3, 0.4) is 0 Å². The molecule has 1 aromatic carbocycles. The van der Waals surface area contributed by atoms with E-state index in [1.807, 2.05) is 24.3 Å². The lowest BCUT2D eigenvalue weighted by molar-refractivity contribution is -0.128. The number of para-hydroxylation sites is 2. The number of fused-ring (bicyclic) bond motifs is 1. The fourth-order valence-corrected chi connectivity index (χ4v) is 4.33. The lowest BCUT2D eigenvalue weighted by atomic mass is 9.89. The summed E-state index contributed by atoms with van der Waals surface area (Å²) in [6.45, 7) is 0.811. The van der Waals surface area contributed by atoms with Gasteiger partial charge in [-0.3, -0.25) is 19.4 Å². The van der Waals surface area contributed by atoms with Crippen molar-refractivity contribution in [2.24, 2.45) is 0 Å². The summed E-state index contributed by atoms with van der Waals surface area (Å²) in [7, 11) is 0. The maximum atomic E-state index is 13.3. The minimum absolute atomic E-state index is 0.0375. The second kappa shape index (κ2) is 6.42. The van der Waals surface area contributed by atoms with Gasteiger partial charge in [-0.2, -0.15) is 0 Å². The van der Waals surface area contributed by atoms with Gasteiger partial charge >= 0.3 is 0 Å². The van der Waals surface area contributed by atoms with Crippen LogP contribution in [0.1, 0.15) is 38.5 Å². The smallest absolute Gasteiger partial charge is 0.250 e. The number of nitrogens with zero attached hydrogens (tertiary/aromatic N) is 2. The Bertz CT molecular complexity index is 680. The topological polar surface area (TPSA) is 72.9 Å². The number of aliphatic hydroxyl groups excluding tert-OH is 1. The van der Waals surface area contributed by atoms with Crippen LogP contribution in [0.25, 0.3) is 0 Å². The number of aliphatic hydroxyl groups is 1. The number of hydrogen-bond donors (Lipinski definition) is 2. The van der Waals surface area contributed by atoms with E-state index in [-0.39, 0.29) is 25.0 Å². The molecular weight excluding hydrogens is 318 g/mol. The average Bonchev–Trinajstić information content (AvgIpc) is 3.34. The van der Waals surface area contributed by atoms with Crippen LogP contribution in [-0.4, -0.2) is 53.1 Å². The Morgan fingerprint density at radius 3 is 2.68 bits per heavy atom. The first kappa shape index (κ1) is 16.5. The van der Waals surface area contributed by atoms with Gasteiger partial charge in [0.15, 0.2) is 0 Å². The summed E-state index contributed by atoms with van der Waals surface area (Å²) in [5.74, 6) is -0.0956. The Kier molecular flexibility index (Phi) is 4.25. The molecule has 0 aromatic heterocycles. The van der Waals surface area contributed by atoms with E-state index in [0.29, 0.717) is 31.1 Å². The second-order valence-electron chi connectivity index (χ2n) is 7.36. The summed E-state index contributed by atoms with van der Waals surface area (Å²) in [5.41, 5.74) is 0.757. The summed E-state index contributed by atoms with van der Waals surface area (Å²) in [6.07, 6.45) is 5.50. The molecule has 1 aliphatic heterocycles. The van der Waals surface area contributed by atoms with Crippen LogP contribution in [-0.2, 0) is 9.59 Å². The van der Waals surface area contributed by atoms with Gasteiger partial charge < -0.3 is 10.4 Å². The van der Waals surface area contributed by atoms with Crippen LogP contribution in [0.5, 0.6) is 0 Å². The van der Waals surface area contributed by atoms with Crippen LogP contribution in [0.2, 0.25) is 0 Å². The number of anilines is 2. The van der Waals surface area contributed by atoms with Crippen molar-refractivity contribution in [3.8, 4) is 0 Å². The quantitative estimate of drug-likeness (QED) is 0.854. The number of nitrogens with one attached hydrogen (secondary N) is 1. The van der Waals surface area contributed by atoms with Crippen molar-refractivity contribution < 1.29 is 14.7 Å². The third-order valence-corrected chi connectivity index (χ3v) is 5.71. The molecule has 2 N–H and O–H groups in total. The lowest BCUT2D eigenvalue weighted by Crippen LogP contribution is -2.62. The Labute approximate surface area is 147 Å². The van der Waals surface area contributed by atoms with E-state index >= 15 is 0 Å². The highest BCUT2D eigenvalue weighted by molar-refractivity contribution is 6.15. The highest BCUT2D eigenvalue weighted by atomic mass is 16.3. The van der Waals surface area contributed by atoms with Gasteiger partial charge in [0.05, 0.1) is 24.5 Å². The van der Waals surface area contributed by atoms with Gasteiger partial charge in [0.1, 0.15) is 5.54 Å². The van der Waals surface area contributed by atoms with Crippen LogP contribution in [0.4, 0.5) is 11.4 Å². The zero-order valence-corrected chi connectivity index (χ0v) is 14.4. The molecule has 4 rings (SSSR count). The van der Waals surface area contributed by atoms with Crippen molar-refractivity contribution in [3.05, 3.63) is 24.3 Å². The molecule has 0 radical (unpaired) electrons. The molecule has 6 nitrogen and oxygen atoms in total. The Morgan fingerprint density at radius 1 is 1.28 bits per heavy atom. The molecule has 1 spiro atoms. The molecule has 3 aliphatic rings. The number of benzene rings is 1. The van der Waals surface area contributed by atoms with Gasteiger partial charge in [-0.15, -0.1) is 0 Å². The standard InChI is InChI=1S/C19H25N3O3/c23-12-11-21(14-7-8-14)13-17(24)22-16-6-2-1-5-15(16)20-18(25)19(22)9-3-4-10-19/h1-2,5-6,14,23H,3-4,7-13H2,(H,20,25). The summed E-state index contributed by atoms with van der Waals surface area (Å²) in [4.78, 5) is 30.0. The lowest BCUT2D eigenvalue weighted by Gasteiger charge is -2.45. The number of amides is 2. The van der Waals surface area contributed by atoms with Crippen LogP contribution in [0, 0.1) is 0 Å². The maximum Gasteiger partial charge on any atom is 0.250 e.